The summed E-state index contributed by atoms with van der Waals surface area (Å²) >= 11 is 0. The molecule has 3 rings (SSSR count). The number of likely N-dealkylation sites (N-methyl/N-ethyl adjacent to an activating group) is 1. The normalized spacial score (nSPS) is 12.0. The SMILES string of the molecule is CCNC(=O)[C@H](Cc1ccccc1)N(Cc1ccc(C)cc1)C(=O)CN(c1c(C)cccc1C)S(C)(=O)=O. The number of sulfonamides is 1. The highest BCUT2D eigenvalue weighted by Gasteiger charge is 2.33. The van der Waals surface area contributed by atoms with Gasteiger partial charge in [-0.25, -0.2) is 8.42 Å². The zero-order chi connectivity index (χ0) is 27.9. The average molecular weight is 536 g/mol. The molecule has 0 fully saturated rings. The number of carbonyl (C=O) groups is 2. The Morgan fingerprint density at radius 3 is 2.00 bits per heavy atom. The number of nitrogens with zero attached hydrogens (tertiary/aromatic N) is 2. The van der Waals surface area contributed by atoms with Crippen LogP contribution in [0.2, 0.25) is 0 Å². The molecule has 8 heteroatoms. The third-order valence-electron chi connectivity index (χ3n) is 6.46. The van der Waals surface area contributed by atoms with E-state index in [1.165, 1.54) is 4.90 Å². The lowest BCUT2D eigenvalue weighted by molar-refractivity contribution is -0.140. The molecular weight excluding hydrogens is 498 g/mol. The van der Waals surface area contributed by atoms with E-state index in [9.17, 15) is 18.0 Å². The van der Waals surface area contributed by atoms with Crippen LogP contribution in [-0.4, -0.2) is 50.5 Å². The van der Waals surface area contributed by atoms with Gasteiger partial charge in [-0.3, -0.25) is 13.9 Å². The van der Waals surface area contributed by atoms with Crippen molar-refractivity contribution in [3.05, 3.63) is 101 Å². The molecule has 1 N–H and O–H groups in total. The highest BCUT2D eigenvalue weighted by molar-refractivity contribution is 7.92. The Morgan fingerprint density at radius 2 is 1.45 bits per heavy atom. The van der Waals surface area contributed by atoms with E-state index in [-0.39, 0.29) is 12.5 Å². The maximum atomic E-state index is 14.0. The average Bonchev–Trinajstić information content (AvgIpc) is 2.86. The van der Waals surface area contributed by atoms with Crippen molar-refractivity contribution in [3.8, 4) is 0 Å². The lowest BCUT2D eigenvalue weighted by Gasteiger charge is -2.34. The molecule has 7 nitrogen and oxygen atoms in total. The molecule has 0 aliphatic heterocycles. The van der Waals surface area contributed by atoms with Crippen LogP contribution in [0.1, 0.15) is 34.7 Å². The number of para-hydroxylation sites is 1. The van der Waals surface area contributed by atoms with E-state index in [0.29, 0.717) is 18.7 Å². The first kappa shape index (κ1) is 28.9. The second-order valence-electron chi connectivity index (χ2n) is 9.62. The summed E-state index contributed by atoms with van der Waals surface area (Å²) in [6.45, 7) is 7.61. The summed E-state index contributed by atoms with van der Waals surface area (Å²) in [6, 6.07) is 21.9. The predicted octanol–water partition coefficient (Wildman–Crippen LogP) is 4.15. The molecule has 1 atom stereocenters. The standard InChI is InChI=1S/C30H37N3O4S/c1-6-31-30(35)27(19-25-13-8-7-9-14-25)32(20-26-17-15-22(2)16-18-26)28(34)21-33(38(5,36)37)29-23(3)11-10-12-24(29)4/h7-18,27H,6,19-21H2,1-5H3,(H,31,35)/t27-/m0/s1. The van der Waals surface area contributed by atoms with Crippen LogP contribution in [0.3, 0.4) is 0 Å². The Morgan fingerprint density at radius 1 is 0.842 bits per heavy atom. The molecule has 3 aromatic carbocycles. The molecule has 3 aromatic rings. The van der Waals surface area contributed by atoms with Crippen molar-refractivity contribution in [1.29, 1.82) is 0 Å². The van der Waals surface area contributed by atoms with E-state index in [1.807, 2.05) is 100 Å². The molecule has 0 aromatic heterocycles. The summed E-state index contributed by atoms with van der Waals surface area (Å²) in [5.74, 6) is -0.736. The maximum Gasteiger partial charge on any atom is 0.244 e. The molecule has 0 unspecified atom stereocenters. The summed E-state index contributed by atoms with van der Waals surface area (Å²) in [5, 5.41) is 2.86. The monoisotopic (exact) mass is 535 g/mol. The van der Waals surface area contributed by atoms with E-state index in [4.69, 9.17) is 0 Å². The van der Waals surface area contributed by atoms with Crippen LogP contribution in [0, 0.1) is 20.8 Å². The zero-order valence-corrected chi connectivity index (χ0v) is 23.6. The lowest BCUT2D eigenvalue weighted by atomic mass is 10.0. The largest absolute Gasteiger partial charge is 0.355 e. The van der Waals surface area contributed by atoms with Crippen molar-refractivity contribution < 1.29 is 18.0 Å². The van der Waals surface area contributed by atoms with Gasteiger partial charge in [0.1, 0.15) is 12.6 Å². The van der Waals surface area contributed by atoms with E-state index >= 15 is 0 Å². The molecule has 202 valence electrons. The van der Waals surface area contributed by atoms with Gasteiger partial charge in [0.25, 0.3) is 0 Å². The molecule has 0 saturated heterocycles. The molecule has 0 radical (unpaired) electrons. The lowest BCUT2D eigenvalue weighted by Crippen LogP contribution is -2.53. The van der Waals surface area contributed by atoms with Gasteiger partial charge in [-0.2, -0.15) is 0 Å². The van der Waals surface area contributed by atoms with Crippen molar-refractivity contribution >= 4 is 27.5 Å². The van der Waals surface area contributed by atoms with Crippen LogP contribution in [0.4, 0.5) is 5.69 Å². The molecule has 0 saturated carbocycles. The van der Waals surface area contributed by atoms with Crippen LogP contribution in [-0.2, 0) is 32.6 Å². The zero-order valence-electron chi connectivity index (χ0n) is 22.8. The third-order valence-corrected chi connectivity index (χ3v) is 7.58. The van der Waals surface area contributed by atoms with Gasteiger partial charge < -0.3 is 10.2 Å². The van der Waals surface area contributed by atoms with Crippen LogP contribution in [0.25, 0.3) is 0 Å². The molecule has 38 heavy (non-hydrogen) atoms. The Kier molecular flexibility index (Phi) is 9.69. The number of hydrogen-bond acceptors (Lipinski definition) is 4. The van der Waals surface area contributed by atoms with E-state index < -0.39 is 28.5 Å². The number of benzene rings is 3. The van der Waals surface area contributed by atoms with Gasteiger partial charge in [0.05, 0.1) is 11.9 Å². The fraction of sp³-hybridized carbons (Fsp3) is 0.333. The van der Waals surface area contributed by atoms with E-state index in [0.717, 1.165) is 38.4 Å². The Bertz CT molecular complexity index is 1340. The van der Waals surface area contributed by atoms with Crippen molar-refractivity contribution in [1.82, 2.24) is 10.2 Å². The number of amides is 2. The number of aryl methyl sites for hydroxylation is 3. The van der Waals surface area contributed by atoms with Gasteiger partial charge >= 0.3 is 0 Å². The van der Waals surface area contributed by atoms with Gasteiger partial charge in [-0.05, 0) is 49.9 Å². The van der Waals surface area contributed by atoms with Gasteiger partial charge in [-0.15, -0.1) is 0 Å². The molecule has 0 spiro atoms. The van der Waals surface area contributed by atoms with Crippen molar-refractivity contribution in [3.63, 3.8) is 0 Å². The number of anilines is 1. The summed E-state index contributed by atoms with van der Waals surface area (Å²) in [7, 11) is -3.80. The van der Waals surface area contributed by atoms with Gasteiger partial charge in [-0.1, -0.05) is 78.4 Å². The molecule has 2 amide bonds. The van der Waals surface area contributed by atoms with Crippen LogP contribution in [0.5, 0.6) is 0 Å². The van der Waals surface area contributed by atoms with Crippen LogP contribution in [0.15, 0.2) is 72.8 Å². The van der Waals surface area contributed by atoms with E-state index in [2.05, 4.69) is 5.32 Å². The molecule has 0 heterocycles. The number of nitrogens with one attached hydrogen (secondary N) is 1. The second kappa shape index (κ2) is 12.7. The van der Waals surface area contributed by atoms with Gasteiger partial charge in [0.2, 0.25) is 21.8 Å². The first-order valence-corrected chi connectivity index (χ1v) is 14.6. The third kappa shape index (κ3) is 7.44. The highest BCUT2D eigenvalue weighted by Crippen LogP contribution is 2.27. The Labute approximate surface area is 226 Å². The minimum absolute atomic E-state index is 0.165. The minimum atomic E-state index is -3.80. The fourth-order valence-electron chi connectivity index (χ4n) is 4.51. The molecule has 0 bridgehead atoms. The number of hydrogen-bond donors (Lipinski definition) is 1. The topological polar surface area (TPSA) is 86.8 Å². The Balaban J connectivity index is 2.07. The van der Waals surface area contributed by atoms with Crippen molar-refractivity contribution in [2.75, 3.05) is 23.7 Å². The summed E-state index contributed by atoms with van der Waals surface area (Å²) < 4.78 is 27.1. The summed E-state index contributed by atoms with van der Waals surface area (Å²) in [5.41, 5.74) is 4.81. The van der Waals surface area contributed by atoms with Crippen molar-refractivity contribution in [2.45, 2.75) is 46.7 Å². The predicted molar refractivity (Wildman–Crippen MR) is 152 cm³/mol. The quantitative estimate of drug-likeness (QED) is 0.400. The van der Waals surface area contributed by atoms with Gasteiger partial charge in [0, 0.05) is 19.5 Å². The minimum Gasteiger partial charge on any atom is -0.355 e. The fourth-order valence-corrected chi connectivity index (χ4v) is 5.48. The van der Waals surface area contributed by atoms with Crippen LogP contribution < -0.4 is 9.62 Å². The van der Waals surface area contributed by atoms with Crippen LogP contribution >= 0.6 is 0 Å². The van der Waals surface area contributed by atoms with Crippen molar-refractivity contribution in [2.24, 2.45) is 0 Å². The highest BCUT2D eigenvalue weighted by atomic mass is 32.2. The maximum absolute atomic E-state index is 14.0. The van der Waals surface area contributed by atoms with E-state index in [1.54, 1.807) is 0 Å². The Hall–Kier alpha value is -3.65. The first-order valence-electron chi connectivity index (χ1n) is 12.7. The summed E-state index contributed by atoms with van der Waals surface area (Å²) in [6.07, 6.45) is 1.40. The number of rotatable bonds is 11. The van der Waals surface area contributed by atoms with Gasteiger partial charge in [0.15, 0.2) is 0 Å². The summed E-state index contributed by atoms with van der Waals surface area (Å²) in [4.78, 5) is 28.9. The molecular formula is C30H37N3O4S. The number of carbonyl (C=O) groups excluding carboxylic acids is 2. The smallest absolute Gasteiger partial charge is 0.244 e. The molecule has 0 aliphatic carbocycles. The molecule has 0 aliphatic rings. The first-order chi connectivity index (χ1) is 18.0. The second-order valence-corrected chi connectivity index (χ2v) is 11.5.